The van der Waals surface area contributed by atoms with Gasteiger partial charge in [0.2, 0.25) is 0 Å². The summed E-state index contributed by atoms with van der Waals surface area (Å²) in [5.74, 6) is 0.568. The maximum absolute atomic E-state index is 13.0. The van der Waals surface area contributed by atoms with Gasteiger partial charge in [-0.25, -0.2) is 4.79 Å². The molecule has 1 saturated heterocycles. The van der Waals surface area contributed by atoms with Gasteiger partial charge in [0.1, 0.15) is 11.3 Å². The summed E-state index contributed by atoms with van der Waals surface area (Å²) in [4.78, 5) is 38.9. The Hall–Kier alpha value is -3.06. The first-order valence-electron chi connectivity index (χ1n) is 11.3. The summed E-state index contributed by atoms with van der Waals surface area (Å²) >= 11 is 6.43. The predicted molar refractivity (Wildman–Crippen MR) is 125 cm³/mol. The van der Waals surface area contributed by atoms with E-state index in [2.05, 4.69) is 0 Å². The van der Waals surface area contributed by atoms with E-state index in [0.29, 0.717) is 36.0 Å². The molecule has 0 spiro atoms. The maximum atomic E-state index is 13.0. The fraction of sp³-hybridized carbons (Fsp3) is 0.400. The lowest BCUT2D eigenvalue weighted by atomic mass is 9.83. The number of rotatable bonds is 5. The molecule has 7 nitrogen and oxygen atoms in total. The summed E-state index contributed by atoms with van der Waals surface area (Å²) in [6.07, 6.45) is 2.60. The number of benzene rings is 1. The van der Waals surface area contributed by atoms with Crippen LogP contribution in [0.3, 0.4) is 0 Å². The summed E-state index contributed by atoms with van der Waals surface area (Å²) < 4.78 is 13.0. The number of carbonyl (C=O) groups is 1. The monoisotopic (exact) mass is 468 g/mol. The highest BCUT2D eigenvalue weighted by atomic mass is 35.5. The summed E-state index contributed by atoms with van der Waals surface area (Å²) in [6.45, 7) is 3.66. The minimum absolute atomic E-state index is 0.0185. The Balaban J connectivity index is 1.32. The number of nitrogens with zero attached hydrogens (tertiary/aromatic N) is 2. The molecule has 2 aromatic heterocycles. The van der Waals surface area contributed by atoms with E-state index in [9.17, 15) is 14.4 Å². The van der Waals surface area contributed by atoms with E-state index < -0.39 is 5.63 Å². The largest absolute Gasteiger partial charge is 0.482 e. The van der Waals surface area contributed by atoms with Crippen LogP contribution in [-0.4, -0.2) is 35.1 Å². The number of likely N-dealkylation sites (tertiary alicyclic amines) is 1. The van der Waals surface area contributed by atoms with Gasteiger partial charge >= 0.3 is 5.63 Å². The molecular formula is C25H25ClN2O5. The van der Waals surface area contributed by atoms with Crippen molar-refractivity contribution < 1.29 is 13.9 Å². The van der Waals surface area contributed by atoms with Crippen molar-refractivity contribution in [2.45, 2.75) is 38.6 Å². The fourth-order valence-electron chi connectivity index (χ4n) is 5.15. The van der Waals surface area contributed by atoms with E-state index in [-0.39, 0.29) is 29.9 Å². The van der Waals surface area contributed by atoms with Gasteiger partial charge in [0, 0.05) is 54.8 Å². The normalized spacial score (nSPS) is 19.4. The third kappa shape index (κ3) is 4.17. The lowest BCUT2D eigenvalue weighted by molar-refractivity contribution is -0.136. The molecule has 2 aliphatic heterocycles. The van der Waals surface area contributed by atoms with E-state index in [1.807, 2.05) is 22.5 Å². The first-order chi connectivity index (χ1) is 15.9. The third-order valence-corrected chi connectivity index (χ3v) is 6.88. The van der Waals surface area contributed by atoms with Gasteiger partial charge in [-0.05, 0) is 36.5 Å². The second-order valence-corrected chi connectivity index (χ2v) is 9.31. The van der Waals surface area contributed by atoms with Crippen LogP contribution in [0, 0.1) is 5.92 Å². The van der Waals surface area contributed by atoms with E-state index in [1.165, 1.54) is 6.07 Å². The molecule has 0 aliphatic carbocycles. The van der Waals surface area contributed by atoms with Gasteiger partial charge < -0.3 is 18.6 Å². The van der Waals surface area contributed by atoms with Crippen LogP contribution < -0.4 is 15.9 Å². The summed E-state index contributed by atoms with van der Waals surface area (Å²) in [6, 6.07) is 10.1. The molecule has 172 valence electrons. The van der Waals surface area contributed by atoms with Crippen molar-refractivity contribution in [2.24, 2.45) is 5.92 Å². The molecule has 8 heteroatoms. The zero-order valence-electron chi connectivity index (χ0n) is 18.4. The average Bonchev–Trinajstić information content (AvgIpc) is 2.79. The summed E-state index contributed by atoms with van der Waals surface area (Å²) in [7, 11) is 0. The molecule has 5 rings (SSSR count). The summed E-state index contributed by atoms with van der Waals surface area (Å²) in [5.41, 5.74) is 1.87. The van der Waals surface area contributed by atoms with E-state index >= 15 is 0 Å². The molecule has 4 heterocycles. The number of piperidine rings is 1. The standard InChI is InChI=1S/C25H25ClN2O5/c1-2-4-16-8-25(31)33-21-10-22(19(26)9-18(16)21)32-14-24(30)27-11-15-7-17(13-27)20-5-3-6-23(29)28(20)12-15/h3,5-6,8-10,15,17H,2,4,7,11-14H2,1H3/t15-,17-/m0/s1. The Bertz CT molecular complexity index is 1340. The number of hydrogen-bond acceptors (Lipinski definition) is 5. The van der Waals surface area contributed by atoms with Gasteiger partial charge in [-0.1, -0.05) is 31.0 Å². The van der Waals surface area contributed by atoms with Crippen LogP contribution in [0.1, 0.15) is 36.9 Å². The van der Waals surface area contributed by atoms with Crippen LogP contribution in [0.5, 0.6) is 5.75 Å². The molecule has 1 amide bonds. The third-order valence-electron chi connectivity index (χ3n) is 6.59. The van der Waals surface area contributed by atoms with Gasteiger partial charge in [0.25, 0.3) is 11.5 Å². The summed E-state index contributed by atoms with van der Waals surface area (Å²) in [5, 5.41) is 1.14. The maximum Gasteiger partial charge on any atom is 0.336 e. The highest BCUT2D eigenvalue weighted by Gasteiger charge is 2.36. The number of aryl methyl sites for hydroxylation is 1. The molecule has 3 aromatic rings. The lowest BCUT2D eigenvalue weighted by Crippen LogP contribution is -2.50. The Morgan fingerprint density at radius 2 is 2.03 bits per heavy atom. The Kier molecular flexibility index (Phi) is 5.74. The molecule has 33 heavy (non-hydrogen) atoms. The van der Waals surface area contributed by atoms with E-state index in [4.69, 9.17) is 20.8 Å². The van der Waals surface area contributed by atoms with Gasteiger partial charge in [-0.15, -0.1) is 0 Å². The van der Waals surface area contributed by atoms with Crippen LogP contribution in [0.2, 0.25) is 5.02 Å². The zero-order valence-corrected chi connectivity index (χ0v) is 19.1. The van der Waals surface area contributed by atoms with Crippen molar-refractivity contribution in [3.8, 4) is 5.75 Å². The molecule has 2 aliphatic rings. The number of pyridine rings is 1. The molecule has 0 unspecified atom stereocenters. The number of aromatic nitrogens is 1. The number of hydrogen-bond donors (Lipinski definition) is 0. The second-order valence-electron chi connectivity index (χ2n) is 8.91. The Labute approximate surface area is 195 Å². The number of halogens is 1. The van der Waals surface area contributed by atoms with Crippen LogP contribution >= 0.6 is 11.6 Å². The average molecular weight is 469 g/mol. The highest BCUT2D eigenvalue weighted by molar-refractivity contribution is 6.32. The number of carbonyl (C=O) groups excluding carboxylic acids is 1. The molecule has 1 fully saturated rings. The topological polar surface area (TPSA) is 81.8 Å². The van der Waals surface area contributed by atoms with Crippen molar-refractivity contribution in [1.82, 2.24) is 9.47 Å². The van der Waals surface area contributed by atoms with Gasteiger partial charge in [0.05, 0.1) is 5.02 Å². The van der Waals surface area contributed by atoms with E-state index in [1.54, 1.807) is 24.3 Å². The molecular weight excluding hydrogens is 444 g/mol. The van der Waals surface area contributed by atoms with Crippen LogP contribution in [0.4, 0.5) is 0 Å². The zero-order chi connectivity index (χ0) is 23.1. The molecule has 2 bridgehead atoms. The second kappa shape index (κ2) is 8.71. The van der Waals surface area contributed by atoms with Crippen molar-refractivity contribution in [2.75, 3.05) is 19.7 Å². The predicted octanol–water partition coefficient (Wildman–Crippen LogP) is 3.59. The highest BCUT2D eigenvalue weighted by Crippen LogP contribution is 2.35. The Morgan fingerprint density at radius 3 is 2.85 bits per heavy atom. The molecule has 0 N–H and O–H groups in total. The Morgan fingerprint density at radius 1 is 1.18 bits per heavy atom. The van der Waals surface area contributed by atoms with Gasteiger partial charge in [-0.3, -0.25) is 9.59 Å². The van der Waals surface area contributed by atoms with Crippen LogP contribution in [-0.2, 0) is 17.8 Å². The minimum atomic E-state index is -0.422. The molecule has 2 atom stereocenters. The van der Waals surface area contributed by atoms with Crippen molar-refractivity contribution >= 4 is 28.5 Å². The fourth-order valence-corrected chi connectivity index (χ4v) is 5.36. The van der Waals surface area contributed by atoms with E-state index in [0.717, 1.165) is 35.9 Å². The number of amides is 1. The van der Waals surface area contributed by atoms with Crippen molar-refractivity contribution in [1.29, 1.82) is 0 Å². The number of fused-ring (bicyclic) bond motifs is 5. The van der Waals surface area contributed by atoms with Gasteiger partial charge in [0.15, 0.2) is 6.61 Å². The molecule has 1 aromatic carbocycles. The smallest absolute Gasteiger partial charge is 0.336 e. The van der Waals surface area contributed by atoms with Crippen molar-refractivity contribution in [3.63, 3.8) is 0 Å². The van der Waals surface area contributed by atoms with Crippen LogP contribution in [0.25, 0.3) is 11.0 Å². The first-order valence-corrected chi connectivity index (χ1v) is 11.7. The van der Waals surface area contributed by atoms with Crippen molar-refractivity contribution in [3.05, 3.63) is 73.5 Å². The SMILES string of the molecule is CCCc1cc(=O)oc2cc(OCC(=O)N3C[C@@H]4C[C@@H](C3)c3cccc(=O)n3C4)c(Cl)cc12. The quantitative estimate of drug-likeness (QED) is 0.534. The minimum Gasteiger partial charge on any atom is -0.482 e. The molecule has 0 radical (unpaired) electrons. The lowest BCUT2D eigenvalue weighted by Gasteiger charge is -2.42. The number of ether oxygens (including phenoxy) is 1. The molecule has 0 saturated carbocycles. The van der Waals surface area contributed by atoms with Gasteiger partial charge in [-0.2, -0.15) is 0 Å². The van der Waals surface area contributed by atoms with Crippen LogP contribution in [0.15, 0.2) is 50.4 Å². The first kappa shape index (κ1) is 21.8.